The lowest BCUT2D eigenvalue weighted by Gasteiger charge is -2.09. The van der Waals surface area contributed by atoms with Crippen molar-refractivity contribution in [3.8, 4) is 0 Å². The van der Waals surface area contributed by atoms with Gasteiger partial charge in [0.2, 0.25) is 0 Å². The zero-order valence-corrected chi connectivity index (χ0v) is 8.71. The highest BCUT2D eigenvalue weighted by molar-refractivity contribution is 5.79. The maximum absolute atomic E-state index is 11.3. The van der Waals surface area contributed by atoms with E-state index in [1.54, 1.807) is 25.1 Å². The summed E-state index contributed by atoms with van der Waals surface area (Å²) < 4.78 is 9.77. The summed E-state index contributed by atoms with van der Waals surface area (Å²) in [5.74, 6) is -0.662. The Balaban J connectivity index is 2.28. The molecule has 1 aromatic carbocycles. The SMILES string of the molecule is CCOC(=O)C(O)c1ccc2ocnc2c1. The van der Waals surface area contributed by atoms with Gasteiger partial charge in [-0.1, -0.05) is 6.07 Å². The van der Waals surface area contributed by atoms with Gasteiger partial charge in [0, 0.05) is 0 Å². The van der Waals surface area contributed by atoms with Crippen LogP contribution in [0.4, 0.5) is 0 Å². The fourth-order valence-corrected chi connectivity index (χ4v) is 1.40. The van der Waals surface area contributed by atoms with Crippen molar-refractivity contribution in [2.45, 2.75) is 13.0 Å². The number of carbonyl (C=O) groups is 1. The second-order valence-corrected chi connectivity index (χ2v) is 3.23. The third-order valence-electron chi connectivity index (χ3n) is 2.18. The summed E-state index contributed by atoms with van der Waals surface area (Å²) in [5.41, 5.74) is 1.65. The molecule has 0 aliphatic carbocycles. The first kappa shape index (κ1) is 10.6. The van der Waals surface area contributed by atoms with E-state index in [2.05, 4.69) is 4.98 Å². The van der Waals surface area contributed by atoms with Crippen molar-refractivity contribution in [2.24, 2.45) is 0 Å². The van der Waals surface area contributed by atoms with Gasteiger partial charge in [-0.25, -0.2) is 9.78 Å². The molecular formula is C11H11NO4. The van der Waals surface area contributed by atoms with Gasteiger partial charge < -0.3 is 14.3 Å². The summed E-state index contributed by atoms with van der Waals surface area (Å²) >= 11 is 0. The minimum absolute atomic E-state index is 0.238. The quantitative estimate of drug-likeness (QED) is 0.793. The van der Waals surface area contributed by atoms with Crippen LogP contribution in [0.5, 0.6) is 0 Å². The minimum Gasteiger partial charge on any atom is -0.464 e. The van der Waals surface area contributed by atoms with Crippen LogP contribution in [0.2, 0.25) is 0 Å². The van der Waals surface area contributed by atoms with E-state index in [0.29, 0.717) is 16.7 Å². The Bertz CT molecular complexity index is 505. The summed E-state index contributed by atoms with van der Waals surface area (Å²) in [5, 5.41) is 9.68. The molecule has 0 radical (unpaired) electrons. The van der Waals surface area contributed by atoms with Gasteiger partial charge in [-0.3, -0.25) is 0 Å². The fraction of sp³-hybridized carbons (Fsp3) is 0.273. The van der Waals surface area contributed by atoms with Crippen LogP contribution in [-0.4, -0.2) is 22.7 Å². The Morgan fingerprint density at radius 3 is 3.19 bits per heavy atom. The molecule has 0 fully saturated rings. The third kappa shape index (κ3) is 1.90. The molecule has 5 heteroatoms. The Morgan fingerprint density at radius 1 is 1.62 bits per heavy atom. The molecule has 1 heterocycles. The number of nitrogens with zero attached hydrogens (tertiary/aromatic N) is 1. The van der Waals surface area contributed by atoms with Crippen LogP contribution in [0.25, 0.3) is 11.1 Å². The lowest BCUT2D eigenvalue weighted by atomic mass is 10.1. The highest BCUT2D eigenvalue weighted by atomic mass is 16.5. The lowest BCUT2D eigenvalue weighted by molar-refractivity contribution is -0.153. The van der Waals surface area contributed by atoms with Crippen LogP contribution in [0.15, 0.2) is 29.0 Å². The summed E-state index contributed by atoms with van der Waals surface area (Å²) in [7, 11) is 0. The van der Waals surface area contributed by atoms with Crippen molar-refractivity contribution in [3.63, 3.8) is 0 Å². The van der Waals surface area contributed by atoms with Crippen LogP contribution >= 0.6 is 0 Å². The molecule has 0 aliphatic rings. The van der Waals surface area contributed by atoms with Crippen molar-refractivity contribution < 1.29 is 19.1 Å². The van der Waals surface area contributed by atoms with Gasteiger partial charge in [-0.2, -0.15) is 0 Å². The number of hydrogen-bond donors (Lipinski definition) is 1. The minimum atomic E-state index is -1.28. The molecule has 0 saturated carbocycles. The maximum atomic E-state index is 11.3. The number of hydrogen-bond acceptors (Lipinski definition) is 5. The van der Waals surface area contributed by atoms with Gasteiger partial charge in [-0.05, 0) is 24.6 Å². The smallest absolute Gasteiger partial charge is 0.339 e. The number of oxazole rings is 1. The standard InChI is InChI=1S/C11H11NO4/c1-2-15-11(14)10(13)7-3-4-9-8(5-7)12-6-16-9/h3-6,10,13H,2H2,1H3. The van der Waals surface area contributed by atoms with Crippen molar-refractivity contribution >= 4 is 17.1 Å². The first-order valence-electron chi connectivity index (χ1n) is 4.90. The summed E-state index contributed by atoms with van der Waals surface area (Å²) in [6.45, 7) is 1.92. The number of fused-ring (bicyclic) bond motifs is 1. The molecular weight excluding hydrogens is 210 g/mol. The van der Waals surface area contributed by atoms with E-state index >= 15 is 0 Å². The number of aromatic nitrogens is 1. The highest BCUT2D eigenvalue weighted by Crippen LogP contribution is 2.20. The third-order valence-corrected chi connectivity index (χ3v) is 2.18. The Hall–Kier alpha value is -1.88. The van der Waals surface area contributed by atoms with Crippen molar-refractivity contribution in [3.05, 3.63) is 30.2 Å². The molecule has 0 aliphatic heterocycles. The molecule has 1 unspecified atom stereocenters. The zero-order chi connectivity index (χ0) is 11.5. The summed E-state index contributed by atoms with van der Waals surface area (Å²) in [4.78, 5) is 15.2. The number of esters is 1. The molecule has 5 nitrogen and oxygen atoms in total. The first-order chi connectivity index (χ1) is 7.72. The molecule has 1 atom stereocenters. The number of carbonyl (C=O) groups excluding carboxylic acids is 1. The molecule has 84 valence electrons. The van der Waals surface area contributed by atoms with Crippen LogP contribution in [0, 0.1) is 0 Å². The molecule has 0 amide bonds. The fourth-order valence-electron chi connectivity index (χ4n) is 1.40. The molecule has 1 aromatic heterocycles. The van der Waals surface area contributed by atoms with E-state index in [0.717, 1.165) is 0 Å². The van der Waals surface area contributed by atoms with Gasteiger partial charge in [0.25, 0.3) is 0 Å². The maximum Gasteiger partial charge on any atom is 0.339 e. The van der Waals surface area contributed by atoms with Gasteiger partial charge in [0.15, 0.2) is 18.1 Å². The van der Waals surface area contributed by atoms with Crippen molar-refractivity contribution in [2.75, 3.05) is 6.61 Å². The van der Waals surface area contributed by atoms with Crippen LogP contribution in [0.3, 0.4) is 0 Å². The average Bonchev–Trinajstić information content (AvgIpc) is 2.75. The Morgan fingerprint density at radius 2 is 2.44 bits per heavy atom. The average molecular weight is 221 g/mol. The zero-order valence-electron chi connectivity index (χ0n) is 8.71. The van der Waals surface area contributed by atoms with Gasteiger partial charge in [0.05, 0.1) is 6.61 Å². The van der Waals surface area contributed by atoms with E-state index in [1.807, 2.05) is 0 Å². The first-order valence-corrected chi connectivity index (χ1v) is 4.90. The second-order valence-electron chi connectivity index (χ2n) is 3.23. The Labute approximate surface area is 91.7 Å². The van der Waals surface area contributed by atoms with E-state index in [-0.39, 0.29) is 6.61 Å². The molecule has 2 rings (SSSR count). The van der Waals surface area contributed by atoms with Gasteiger partial charge >= 0.3 is 5.97 Å². The van der Waals surface area contributed by atoms with Crippen LogP contribution in [-0.2, 0) is 9.53 Å². The van der Waals surface area contributed by atoms with E-state index in [1.165, 1.54) is 6.39 Å². The molecule has 2 aromatic rings. The largest absolute Gasteiger partial charge is 0.464 e. The van der Waals surface area contributed by atoms with Gasteiger partial charge in [-0.15, -0.1) is 0 Å². The Kier molecular flexibility index (Phi) is 2.87. The lowest BCUT2D eigenvalue weighted by Crippen LogP contribution is -2.15. The van der Waals surface area contributed by atoms with E-state index in [4.69, 9.17) is 9.15 Å². The number of aliphatic hydroxyl groups excluding tert-OH is 1. The number of aliphatic hydroxyl groups is 1. The van der Waals surface area contributed by atoms with Crippen LogP contribution in [0.1, 0.15) is 18.6 Å². The highest BCUT2D eigenvalue weighted by Gasteiger charge is 2.19. The number of ether oxygens (including phenoxy) is 1. The topological polar surface area (TPSA) is 72.6 Å². The summed E-state index contributed by atoms with van der Waals surface area (Å²) in [6, 6.07) is 4.86. The predicted molar refractivity (Wildman–Crippen MR) is 55.6 cm³/mol. The van der Waals surface area contributed by atoms with E-state index < -0.39 is 12.1 Å². The van der Waals surface area contributed by atoms with Gasteiger partial charge in [0.1, 0.15) is 5.52 Å². The molecule has 16 heavy (non-hydrogen) atoms. The second kappa shape index (κ2) is 4.32. The summed E-state index contributed by atoms with van der Waals surface area (Å²) in [6.07, 6.45) is 0.0339. The van der Waals surface area contributed by atoms with Crippen molar-refractivity contribution in [1.29, 1.82) is 0 Å². The van der Waals surface area contributed by atoms with Crippen molar-refractivity contribution in [1.82, 2.24) is 4.98 Å². The monoisotopic (exact) mass is 221 g/mol. The molecule has 1 N–H and O–H groups in total. The van der Waals surface area contributed by atoms with E-state index in [9.17, 15) is 9.90 Å². The molecule has 0 bridgehead atoms. The normalized spacial score (nSPS) is 12.6. The predicted octanol–water partition coefficient (Wildman–Crippen LogP) is 1.42. The number of rotatable bonds is 3. The molecule has 0 saturated heterocycles. The molecule has 0 spiro atoms. The number of benzene rings is 1. The van der Waals surface area contributed by atoms with Crippen LogP contribution < -0.4 is 0 Å².